The molecule has 5 rings (SSSR count). The molecule has 4 heteroatoms. The van der Waals surface area contributed by atoms with Crippen LogP contribution in [0.1, 0.15) is 36.3 Å². The van der Waals surface area contributed by atoms with Crippen LogP contribution >= 0.6 is 0 Å². The van der Waals surface area contributed by atoms with Gasteiger partial charge in [-0.15, -0.1) is 0 Å². The topological polar surface area (TPSA) is 45.5 Å². The van der Waals surface area contributed by atoms with Gasteiger partial charge < -0.3 is 14.4 Å². The van der Waals surface area contributed by atoms with Gasteiger partial charge in [0.25, 0.3) is 0 Å². The molecule has 4 nitrogen and oxygen atoms in total. The zero-order valence-electron chi connectivity index (χ0n) is 20.8. The minimum absolute atomic E-state index is 0.548. The molecule has 0 bridgehead atoms. The van der Waals surface area contributed by atoms with Crippen LogP contribution in [-0.2, 0) is 0 Å². The van der Waals surface area contributed by atoms with Gasteiger partial charge in [0.2, 0.25) is 0 Å². The summed E-state index contributed by atoms with van der Waals surface area (Å²) < 4.78 is 11.9. The first kappa shape index (κ1) is 23.9. The van der Waals surface area contributed by atoms with Crippen LogP contribution in [0.2, 0.25) is 0 Å². The van der Waals surface area contributed by atoms with Crippen molar-refractivity contribution in [2.45, 2.75) is 25.2 Å². The molecule has 1 aliphatic heterocycles. The van der Waals surface area contributed by atoms with Crippen LogP contribution in [0.25, 0.3) is 21.9 Å². The van der Waals surface area contributed by atoms with E-state index < -0.39 is 0 Å². The molecule has 1 fully saturated rings. The Balaban J connectivity index is 1.08. The highest BCUT2D eigenvalue weighted by atomic mass is 16.5. The van der Waals surface area contributed by atoms with Gasteiger partial charge in [-0.2, -0.15) is 5.26 Å². The van der Waals surface area contributed by atoms with Gasteiger partial charge in [0.15, 0.2) is 0 Å². The summed E-state index contributed by atoms with van der Waals surface area (Å²) >= 11 is 0. The van der Waals surface area contributed by atoms with Crippen LogP contribution in [0.5, 0.6) is 11.5 Å². The standard InChI is InChI=1S/C32H32N2O2/c1-35-32-30-6-3-2-5-27(30)13-16-31(32)28-17-20-34(21-18-28)19-4-22-36-29-14-11-26(12-15-29)25-9-7-24(23-33)8-10-25/h2-3,5-16,28H,4,17-22H2,1H3. The Hall–Kier alpha value is -3.81. The number of benzene rings is 4. The zero-order chi connectivity index (χ0) is 24.7. The lowest BCUT2D eigenvalue weighted by Crippen LogP contribution is -2.34. The number of ether oxygens (including phenoxy) is 2. The van der Waals surface area contributed by atoms with Crippen molar-refractivity contribution in [3.05, 3.63) is 96.1 Å². The summed E-state index contributed by atoms with van der Waals surface area (Å²) in [6, 6.07) is 31.0. The molecule has 0 amide bonds. The summed E-state index contributed by atoms with van der Waals surface area (Å²) in [6.07, 6.45) is 3.33. The second kappa shape index (κ2) is 11.3. The van der Waals surface area contributed by atoms with Gasteiger partial charge in [-0.25, -0.2) is 0 Å². The van der Waals surface area contributed by atoms with Crippen LogP contribution in [0.4, 0.5) is 0 Å². The molecule has 0 N–H and O–H groups in total. The fraction of sp³-hybridized carbons (Fsp3) is 0.281. The van der Waals surface area contributed by atoms with Crippen LogP contribution in [0.15, 0.2) is 84.9 Å². The van der Waals surface area contributed by atoms with Crippen molar-refractivity contribution in [3.63, 3.8) is 0 Å². The first-order valence-electron chi connectivity index (χ1n) is 12.8. The number of nitriles is 1. The number of likely N-dealkylation sites (tertiary alicyclic amines) is 1. The van der Waals surface area contributed by atoms with E-state index in [9.17, 15) is 0 Å². The summed E-state index contributed by atoms with van der Waals surface area (Å²) in [5.74, 6) is 2.49. The Labute approximate surface area is 213 Å². The molecule has 1 aliphatic rings. The van der Waals surface area contributed by atoms with E-state index in [0.29, 0.717) is 18.1 Å². The van der Waals surface area contributed by atoms with Crippen molar-refractivity contribution in [3.8, 4) is 28.7 Å². The predicted octanol–water partition coefficient (Wildman–Crippen LogP) is 7.04. The summed E-state index contributed by atoms with van der Waals surface area (Å²) in [6.45, 7) is 4.00. The van der Waals surface area contributed by atoms with Gasteiger partial charge in [-0.05, 0) is 84.6 Å². The lowest BCUT2D eigenvalue weighted by atomic mass is 9.87. The Morgan fingerprint density at radius 3 is 2.25 bits per heavy atom. The molecule has 36 heavy (non-hydrogen) atoms. The van der Waals surface area contributed by atoms with Gasteiger partial charge in [0, 0.05) is 11.9 Å². The molecule has 0 unspecified atom stereocenters. The summed E-state index contributed by atoms with van der Waals surface area (Å²) in [7, 11) is 1.79. The van der Waals surface area contributed by atoms with E-state index in [1.54, 1.807) is 7.11 Å². The summed E-state index contributed by atoms with van der Waals surface area (Å²) in [5, 5.41) is 11.4. The predicted molar refractivity (Wildman–Crippen MR) is 146 cm³/mol. The fourth-order valence-electron chi connectivity index (χ4n) is 5.24. The molecule has 4 aromatic rings. The van der Waals surface area contributed by atoms with Crippen LogP contribution in [0.3, 0.4) is 0 Å². The SMILES string of the molecule is COc1c(C2CCN(CCCOc3ccc(-c4ccc(C#N)cc4)cc3)CC2)ccc2ccccc12. The fourth-order valence-corrected chi connectivity index (χ4v) is 5.24. The van der Waals surface area contributed by atoms with Crippen molar-refractivity contribution < 1.29 is 9.47 Å². The van der Waals surface area contributed by atoms with E-state index in [2.05, 4.69) is 59.5 Å². The average molecular weight is 477 g/mol. The minimum Gasteiger partial charge on any atom is -0.496 e. The van der Waals surface area contributed by atoms with Crippen molar-refractivity contribution in [2.75, 3.05) is 33.4 Å². The molecular formula is C32H32N2O2. The third-order valence-electron chi connectivity index (χ3n) is 7.23. The quantitative estimate of drug-likeness (QED) is 0.256. The second-order valence-corrected chi connectivity index (χ2v) is 9.44. The summed E-state index contributed by atoms with van der Waals surface area (Å²) in [4.78, 5) is 2.56. The summed E-state index contributed by atoms with van der Waals surface area (Å²) in [5.41, 5.74) is 4.25. The van der Waals surface area contributed by atoms with E-state index in [4.69, 9.17) is 14.7 Å². The monoisotopic (exact) mass is 476 g/mol. The van der Waals surface area contributed by atoms with Crippen LogP contribution in [0, 0.1) is 11.3 Å². The van der Waals surface area contributed by atoms with Gasteiger partial charge >= 0.3 is 0 Å². The molecule has 182 valence electrons. The van der Waals surface area contributed by atoms with E-state index >= 15 is 0 Å². The van der Waals surface area contributed by atoms with Gasteiger partial charge in [0.05, 0.1) is 25.3 Å². The lowest BCUT2D eigenvalue weighted by molar-refractivity contribution is 0.192. The molecular weight excluding hydrogens is 444 g/mol. The van der Waals surface area contributed by atoms with E-state index in [0.717, 1.165) is 61.5 Å². The maximum atomic E-state index is 8.96. The molecule has 4 aromatic carbocycles. The Kier molecular flexibility index (Phi) is 7.50. The maximum absolute atomic E-state index is 8.96. The van der Waals surface area contributed by atoms with Crippen molar-refractivity contribution in [1.82, 2.24) is 4.90 Å². The Morgan fingerprint density at radius 2 is 1.56 bits per heavy atom. The molecule has 0 aliphatic carbocycles. The van der Waals surface area contributed by atoms with Gasteiger partial charge in [0.1, 0.15) is 11.5 Å². The van der Waals surface area contributed by atoms with Crippen molar-refractivity contribution in [1.29, 1.82) is 5.26 Å². The number of nitrogens with zero attached hydrogens (tertiary/aromatic N) is 2. The number of methoxy groups -OCH3 is 1. The molecule has 0 spiro atoms. The second-order valence-electron chi connectivity index (χ2n) is 9.44. The largest absolute Gasteiger partial charge is 0.496 e. The minimum atomic E-state index is 0.548. The zero-order valence-corrected chi connectivity index (χ0v) is 20.8. The van der Waals surface area contributed by atoms with E-state index in [1.165, 1.54) is 16.3 Å². The highest BCUT2D eigenvalue weighted by Gasteiger charge is 2.23. The van der Waals surface area contributed by atoms with Crippen LogP contribution < -0.4 is 9.47 Å². The maximum Gasteiger partial charge on any atom is 0.130 e. The number of piperidine rings is 1. The normalized spacial score (nSPS) is 14.4. The number of hydrogen-bond acceptors (Lipinski definition) is 4. The Morgan fingerprint density at radius 1 is 0.861 bits per heavy atom. The molecule has 0 atom stereocenters. The molecule has 1 saturated heterocycles. The number of fused-ring (bicyclic) bond motifs is 1. The number of hydrogen-bond donors (Lipinski definition) is 0. The third kappa shape index (κ3) is 5.37. The first-order chi connectivity index (χ1) is 17.7. The lowest BCUT2D eigenvalue weighted by Gasteiger charge is -2.33. The van der Waals surface area contributed by atoms with Crippen molar-refractivity contribution in [2.24, 2.45) is 0 Å². The average Bonchev–Trinajstić information content (AvgIpc) is 2.95. The first-order valence-corrected chi connectivity index (χ1v) is 12.8. The highest BCUT2D eigenvalue weighted by molar-refractivity contribution is 5.89. The van der Waals surface area contributed by atoms with E-state index in [1.807, 2.05) is 36.4 Å². The Bertz CT molecular complexity index is 1330. The van der Waals surface area contributed by atoms with Crippen molar-refractivity contribution >= 4 is 10.8 Å². The smallest absolute Gasteiger partial charge is 0.130 e. The van der Waals surface area contributed by atoms with Gasteiger partial charge in [-0.3, -0.25) is 0 Å². The van der Waals surface area contributed by atoms with E-state index in [-0.39, 0.29) is 0 Å². The molecule has 1 heterocycles. The van der Waals surface area contributed by atoms with Gasteiger partial charge in [-0.1, -0.05) is 60.7 Å². The third-order valence-corrected chi connectivity index (χ3v) is 7.23. The molecule has 0 aromatic heterocycles. The molecule has 0 radical (unpaired) electrons. The molecule has 0 saturated carbocycles. The highest BCUT2D eigenvalue weighted by Crippen LogP contribution is 2.38. The number of rotatable bonds is 8. The van der Waals surface area contributed by atoms with Crippen LogP contribution in [-0.4, -0.2) is 38.3 Å².